The molecule has 0 saturated carbocycles. The molecular formula is C11H13F2NO3. The van der Waals surface area contributed by atoms with Crippen LogP contribution in [-0.4, -0.2) is 24.7 Å². The van der Waals surface area contributed by atoms with Gasteiger partial charge in [-0.3, -0.25) is 0 Å². The Morgan fingerprint density at radius 3 is 2.65 bits per heavy atom. The van der Waals surface area contributed by atoms with Gasteiger partial charge in [0.2, 0.25) is 5.88 Å². The van der Waals surface area contributed by atoms with Crippen molar-refractivity contribution in [1.82, 2.24) is 4.98 Å². The molecule has 0 spiro atoms. The number of hydrogen-bond donors (Lipinski definition) is 0. The first-order chi connectivity index (χ1) is 8.02. The third kappa shape index (κ3) is 2.69. The Labute approximate surface area is 97.6 Å². The number of carbonyl (C=O) groups is 1. The molecule has 94 valence electrons. The van der Waals surface area contributed by atoms with Crippen LogP contribution in [0.1, 0.15) is 34.8 Å². The minimum atomic E-state index is -2.69. The van der Waals surface area contributed by atoms with Gasteiger partial charge in [0.15, 0.2) is 0 Å². The minimum Gasteiger partial charge on any atom is -0.480 e. The van der Waals surface area contributed by atoms with Crippen molar-refractivity contribution in [3.05, 3.63) is 22.9 Å². The molecule has 0 bridgehead atoms. The quantitative estimate of drug-likeness (QED) is 0.765. The molecule has 4 nitrogen and oxygen atoms in total. The molecule has 1 aromatic rings. The molecule has 6 heteroatoms. The molecule has 0 aliphatic heterocycles. The highest BCUT2D eigenvalue weighted by molar-refractivity contribution is 5.93. The van der Waals surface area contributed by atoms with Gasteiger partial charge in [0, 0.05) is 11.8 Å². The van der Waals surface area contributed by atoms with Crippen LogP contribution in [0.25, 0.3) is 0 Å². The zero-order valence-electron chi connectivity index (χ0n) is 9.79. The normalized spacial score (nSPS) is 10.5. The largest absolute Gasteiger partial charge is 0.480 e. The zero-order chi connectivity index (χ0) is 13.0. The maximum atomic E-state index is 12.7. The summed E-state index contributed by atoms with van der Waals surface area (Å²) in [5.74, 6) is -0.720. The Hall–Kier alpha value is -1.72. The second-order valence-corrected chi connectivity index (χ2v) is 3.24. The smallest absolute Gasteiger partial charge is 0.343 e. The average Bonchev–Trinajstić information content (AvgIpc) is 2.27. The second-order valence-electron chi connectivity index (χ2n) is 3.24. The van der Waals surface area contributed by atoms with E-state index in [0.717, 1.165) is 6.20 Å². The van der Waals surface area contributed by atoms with E-state index in [1.807, 2.05) is 0 Å². The molecule has 0 unspecified atom stereocenters. The second kappa shape index (κ2) is 5.56. The fraction of sp³-hybridized carbons (Fsp3) is 0.455. The molecule has 0 aliphatic rings. The maximum Gasteiger partial charge on any atom is 0.343 e. The molecule has 17 heavy (non-hydrogen) atoms. The summed E-state index contributed by atoms with van der Waals surface area (Å²) in [4.78, 5) is 15.3. The van der Waals surface area contributed by atoms with Crippen molar-refractivity contribution >= 4 is 5.97 Å². The van der Waals surface area contributed by atoms with Gasteiger partial charge in [0.1, 0.15) is 5.56 Å². The summed E-state index contributed by atoms with van der Waals surface area (Å²) in [5, 5.41) is 0. The molecular weight excluding hydrogens is 232 g/mol. The Morgan fingerprint density at radius 2 is 2.18 bits per heavy atom. The predicted molar refractivity (Wildman–Crippen MR) is 56.4 cm³/mol. The number of hydrogen-bond acceptors (Lipinski definition) is 4. The molecule has 1 aromatic heterocycles. The van der Waals surface area contributed by atoms with E-state index in [-0.39, 0.29) is 29.2 Å². The lowest BCUT2D eigenvalue weighted by atomic mass is 10.1. The average molecular weight is 245 g/mol. The van der Waals surface area contributed by atoms with Crippen molar-refractivity contribution in [2.45, 2.75) is 20.3 Å². The van der Waals surface area contributed by atoms with E-state index in [0.29, 0.717) is 0 Å². The van der Waals surface area contributed by atoms with Gasteiger partial charge in [-0.25, -0.2) is 18.6 Å². The summed E-state index contributed by atoms with van der Waals surface area (Å²) >= 11 is 0. The van der Waals surface area contributed by atoms with Crippen LogP contribution in [0.4, 0.5) is 8.78 Å². The number of esters is 1. The number of carbonyl (C=O) groups excluding carboxylic acids is 1. The summed E-state index contributed by atoms with van der Waals surface area (Å²) in [6, 6.07) is 0. The Bertz CT molecular complexity index is 421. The first-order valence-electron chi connectivity index (χ1n) is 5.01. The number of aromatic nitrogens is 1. The van der Waals surface area contributed by atoms with E-state index in [1.54, 1.807) is 6.92 Å². The number of pyridine rings is 1. The van der Waals surface area contributed by atoms with E-state index >= 15 is 0 Å². The topological polar surface area (TPSA) is 48.4 Å². The first-order valence-corrected chi connectivity index (χ1v) is 5.01. The monoisotopic (exact) mass is 245 g/mol. The van der Waals surface area contributed by atoms with Gasteiger partial charge in [-0.15, -0.1) is 0 Å². The van der Waals surface area contributed by atoms with E-state index in [2.05, 4.69) is 4.98 Å². The summed E-state index contributed by atoms with van der Waals surface area (Å²) in [7, 11) is 1.31. The number of ether oxygens (including phenoxy) is 2. The van der Waals surface area contributed by atoms with Crippen molar-refractivity contribution in [2.75, 3.05) is 13.7 Å². The Balaban J connectivity index is 3.32. The third-order valence-electron chi connectivity index (χ3n) is 2.25. The van der Waals surface area contributed by atoms with E-state index in [1.165, 1.54) is 14.0 Å². The molecule has 1 rings (SSSR count). The van der Waals surface area contributed by atoms with Gasteiger partial charge in [0.05, 0.1) is 13.7 Å². The van der Waals surface area contributed by atoms with Crippen LogP contribution in [0.5, 0.6) is 5.88 Å². The van der Waals surface area contributed by atoms with Crippen molar-refractivity contribution in [2.24, 2.45) is 0 Å². The molecule has 0 amide bonds. The lowest BCUT2D eigenvalue weighted by molar-refractivity contribution is 0.0520. The van der Waals surface area contributed by atoms with E-state index in [9.17, 15) is 13.6 Å². The molecule has 0 atom stereocenters. The minimum absolute atomic E-state index is 0.00894. The first kappa shape index (κ1) is 13.3. The number of halogens is 2. The number of methoxy groups -OCH3 is 1. The van der Waals surface area contributed by atoms with E-state index in [4.69, 9.17) is 9.47 Å². The number of alkyl halides is 2. The zero-order valence-corrected chi connectivity index (χ0v) is 9.79. The van der Waals surface area contributed by atoms with Crippen molar-refractivity contribution in [1.29, 1.82) is 0 Å². The SMILES string of the molecule is CCOC(=O)c1c(OC)ncc(C(F)F)c1C. The highest BCUT2D eigenvalue weighted by Gasteiger charge is 2.23. The molecule has 0 saturated heterocycles. The van der Waals surface area contributed by atoms with Crippen LogP contribution in [0.3, 0.4) is 0 Å². The lowest BCUT2D eigenvalue weighted by Gasteiger charge is -2.12. The number of rotatable bonds is 4. The van der Waals surface area contributed by atoms with Crippen LogP contribution < -0.4 is 4.74 Å². The summed E-state index contributed by atoms with van der Waals surface area (Å²) in [5.41, 5.74) is -0.216. The van der Waals surface area contributed by atoms with Crippen LogP contribution in [0, 0.1) is 6.92 Å². The highest BCUT2D eigenvalue weighted by Crippen LogP contribution is 2.29. The molecule has 0 N–H and O–H groups in total. The highest BCUT2D eigenvalue weighted by atomic mass is 19.3. The van der Waals surface area contributed by atoms with Gasteiger partial charge in [0.25, 0.3) is 6.43 Å². The van der Waals surface area contributed by atoms with Crippen LogP contribution >= 0.6 is 0 Å². The number of nitrogens with zero attached hydrogens (tertiary/aromatic N) is 1. The van der Waals surface area contributed by atoms with Crippen LogP contribution in [0.2, 0.25) is 0 Å². The van der Waals surface area contributed by atoms with Crippen molar-refractivity contribution in [3.63, 3.8) is 0 Å². The van der Waals surface area contributed by atoms with Gasteiger partial charge < -0.3 is 9.47 Å². The van der Waals surface area contributed by atoms with Gasteiger partial charge in [-0.05, 0) is 19.4 Å². The summed E-state index contributed by atoms with van der Waals surface area (Å²) in [6.45, 7) is 3.20. The van der Waals surface area contributed by atoms with Gasteiger partial charge >= 0.3 is 5.97 Å². The predicted octanol–water partition coefficient (Wildman–Crippen LogP) is 2.51. The summed E-state index contributed by atoms with van der Waals surface area (Å²) < 4.78 is 35.0. The van der Waals surface area contributed by atoms with Gasteiger partial charge in [-0.2, -0.15) is 0 Å². The van der Waals surface area contributed by atoms with Crippen molar-refractivity contribution < 1.29 is 23.0 Å². The fourth-order valence-corrected chi connectivity index (χ4v) is 1.41. The molecule has 0 aliphatic carbocycles. The lowest BCUT2D eigenvalue weighted by Crippen LogP contribution is -2.12. The standard InChI is InChI=1S/C11H13F2NO3/c1-4-17-11(15)8-6(2)7(9(12)13)5-14-10(8)16-3/h5,9H,4H2,1-3H3. The molecule has 0 aromatic carbocycles. The Morgan fingerprint density at radius 1 is 1.53 bits per heavy atom. The van der Waals surface area contributed by atoms with Crippen LogP contribution in [-0.2, 0) is 4.74 Å². The fourth-order valence-electron chi connectivity index (χ4n) is 1.41. The molecule has 0 fully saturated rings. The van der Waals surface area contributed by atoms with E-state index < -0.39 is 12.4 Å². The van der Waals surface area contributed by atoms with Crippen LogP contribution in [0.15, 0.2) is 6.20 Å². The maximum absolute atomic E-state index is 12.7. The van der Waals surface area contributed by atoms with Gasteiger partial charge in [-0.1, -0.05) is 0 Å². The third-order valence-corrected chi connectivity index (χ3v) is 2.25. The molecule has 1 heterocycles. The Kier molecular flexibility index (Phi) is 4.37. The molecule has 0 radical (unpaired) electrons. The summed E-state index contributed by atoms with van der Waals surface area (Å²) in [6.07, 6.45) is -1.69. The van der Waals surface area contributed by atoms with Crippen molar-refractivity contribution in [3.8, 4) is 5.88 Å².